The maximum absolute atomic E-state index is 9.05. The van der Waals surface area contributed by atoms with Crippen molar-refractivity contribution >= 4 is 0 Å². The molecule has 0 unspecified atom stereocenters. The van der Waals surface area contributed by atoms with E-state index in [4.69, 9.17) is 19.8 Å². The van der Waals surface area contributed by atoms with Crippen LogP contribution in [0.5, 0.6) is 11.5 Å². The van der Waals surface area contributed by atoms with E-state index in [2.05, 4.69) is 6.07 Å². The normalized spacial score (nSPS) is 9.90. The van der Waals surface area contributed by atoms with Crippen LogP contribution in [0.15, 0.2) is 48.5 Å². The van der Waals surface area contributed by atoms with E-state index in [0.29, 0.717) is 30.9 Å². The summed E-state index contributed by atoms with van der Waals surface area (Å²) < 4.78 is 11.2. The van der Waals surface area contributed by atoms with Crippen molar-refractivity contribution in [3.8, 4) is 17.6 Å². The average Bonchev–Trinajstić information content (AvgIpc) is 2.55. The molecule has 0 aliphatic rings. The molecule has 2 rings (SSSR count). The molecule has 0 aromatic heterocycles. The minimum atomic E-state index is 0.00521. The number of ether oxygens (including phenoxy) is 2. The Morgan fingerprint density at radius 3 is 2.62 bits per heavy atom. The second-order valence-corrected chi connectivity index (χ2v) is 4.46. The first kappa shape index (κ1) is 14.9. The largest absolute Gasteiger partial charge is 0.493 e. The summed E-state index contributed by atoms with van der Waals surface area (Å²) in [6.45, 7) is 1.01. The highest BCUT2D eigenvalue weighted by Crippen LogP contribution is 2.17. The van der Waals surface area contributed by atoms with Gasteiger partial charge in [-0.3, -0.25) is 0 Å². The molecule has 2 aromatic carbocycles. The van der Waals surface area contributed by atoms with E-state index in [-0.39, 0.29) is 6.61 Å². The maximum atomic E-state index is 9.05. The molecular formula is C17H17NO3. The Balaban J connectivity index is 1.74. The zero-order valence-electron chi connectivity index (χ0n) is 11.7. The molecule has 0 spiro atoms. The van der Waals surface area contributed by atoms with Crippen LogP contribution in [-0.4, -0.2) is 18.3 Å². The predicted molar refractivity (Wildman–Crippen MR) is 79.1 cm³/mol. The molecule has 0 radical (unpaired) electrons. The Morgan fingerprint density at radius 2 is 1.81 bits per heavy atom. The van der Waals surface area contributed by atoms with Crippen LogP contribution in [0.4, 0.5) is 0 Å². The molecule has 0 fully saturated rings. The lowest BCUT2D eigenvalue weighted by Crippen LogP contribution is -2.05. The highest BCUT2D eigenvalue weighted by molar-refractivity contribution is 5.42. The zero-order chi connectivity index (χ0) is 14.9. The van der Waals surface area contributed by atoms with Crippen molar-refractivity contribution in [2.24, 2.45) is 0 Å². The quantitative estimate of drug-likeness (QED) is 0.794. The summed E-state index contributed by atoms with van der Waals surface area (Å²) in [5.74, 6) is 1.33. The summed E-state index contributed by atoms with van der Waals surface area (Å²) in [6, 6.07) is 16.6. The van der Waals surface area contributed by atoms with Crippen molar-refractivity contribution in [2.75, 3.05) is 13.2 Å². The van der Waals surface area contributed by atoms with Crippen LogP contribution in [0.1, 0.15) is 17.5 Å². The number of aliphatic hydroxyl groups excluding tert-OH is 1. The first-order chi connectivity index (χ1) is 10.3. The van der Waals surface area contributed by atoms with E-state index in [0.717, 1.165) is 11.3 Å². The lowest BCUT2D eigenvalue weighted by molar-refractivity contribution is 0.246. The van der Waals surface area contributed by atoms with Gasteiger partial charge in [0.25, 0.3) is 0 Å². The van der Waals surface area contributed by atoms with Crippen LogP contribution >= 0.6 is 0 Å². The summed E-state index contributed by atoms with van der Waals surface area (Å²) in [7, 11) is 0. The number of rotatable bonds is 7. The number of nitrogens with zero attached hydrogens (tertiary/aromatic N) is 1. The van der Waals surface area contributed by atoms with E-state index in [1.807, 2.05) is 36.4 Å². The average molecular weight is 283 g/mol. The highest BCUT2D eigenvalue weighted by Gasteiger charge is 2.01. The fourth-order valence-electron chi connectivity index (χ4n) is 1.85. The molecule has 0 aliphatic carbocycles. The van der Waals surface area contributed by atoms with Crippen LogP contribution in [0, 0.1) is 11.3 Å². The zero-order valence-corrected chi connectivity index (χ0v) is 11.7. The summed E-state index contributed by atoms with van der Waals surface area (Å²) >= 11 is 0. The molecule has 21 heavy (non-hydrogen) atoms. The third kappa shape index (κ3) is 4.51. The standard InChI is InChI=1S/C17H17NO3/c18-12-15-6-1-2-8-17(15)21-10-4-9-20-16-7-3-5-14(11-16)13-19/h1-3,5-8,11,19H,4,9-10,13H2. The van der Waals surface area contributed by atoms with Gasteiger partial charge in [-0.2, -0.15) is 5.26 Å². The van der Waals surface area contributed by atoms with Gasteiger partial charge < -0.3 is 14.6 Å². The van der Waals surface area contributed by atoms with Crippen molar-refractivity contribution in [1.82, 2.24) is 0 Å². The summed E-state index contributed by atoms with van der Waals surface area (Å²) in [5, 5.41) is 18.0. The molecule has 2 aromatic rings. The van der Waals surface area contributed by atoms with Gasteiger partial charge >= 0.3 is 0 Å². The molecule has 0 amide bonds. The van der Waals surface area contributed by atoms with Gasteiger partial charge in [-0.15, -0.1) is 0 Å². The molecule has 1 N–H and O–H groups in total. The highest BCUT2D eigenvalue weighted by atomic mass is 16.5. The second kappa shape index (κ2) is 7.93. The maximum Gasteiger partial charge on any atom is 0.137 e. The smallest absolute Gasteiger partial charge is 0.137 e. The lowest BCUT2D eigenvalue weighted by Gasteiger charge is -2.09. The minimum absolute atomic E-state index is 0.00521. The molecular weight excluding hydrogens is 266 g/mol. The van der Waals surface area contributed by atoms with E-state index in [1.165, 1.54) is 0 Å². The van der Waals surface area contributed by atoms with Crippen molar-refractivity contribution in [3.05, 3.63) is 59.7 Å². The van der Waals surface area contributed by atoms with Crippen molar-refractivity contribution in [2.45, 2.75) is 13.0 Å². The SMILES string of the molecule is N#Cc1ccccc1OCCCOc1cccc(CO)c1. The van der Waals surface area contributed by atoms with Crippen LogP contribution in [0.3, 0.4) is 0 Å². The fourth-order valence-corrected chi connectivity index (χ4v) is 1.85. The van der Waals surface area contributed by atoms with Crippen molar-refractivity contribution in [1.29, 1.82) is 5.26 Å². The number of hydrogen-bond acceptors (Lipinski definition) is 4. The second-order valence-electron chi connectivity index (χ2n) is 4.46. The lowest BCUT2D eigenvalue weighted by atomic mass is 10.2. The van der Waals surface area contributed by atoms with E-state index < -0.39 is 0 Å². The number of para-hydroxylation sites is 1. The van der Waals surface area contributed by atoms with Crippen LogP contribution in [0.25, 0.3) is 0 Å². The third-order valence-corrected chi connectivity index (χ3v) is 2.90. The Morgan fingerprint density at radius 1 is 1.00 bits per heavy atom. The monoisotopic (exact) mass is 283 g/mol. The topological polar surface area (TPSA) is 62.5 Å². The van der Waals surface area contributed by atoms with E-state index in [1.54, 1.807) is 12.1 Å². The number of hydrogen-bond donors (Lipinski definition) is 1. The van der Waals surface area contributed by atoms with Gasteiger partial charge in [0.05, 0.1) is 25.4 Å². The number of nitriles is 1. The molecule has 0 saturated heterocycles. The minimum Gasteiger partial charge on any atom is -0.493 e. The van der Waals surface area contributed by atoms with Gasteiger partial charge in [0.15, 0.2) is 0 Å². The van der Waals surface area contributed by atoms with Gasteiger partial charge in [0, 0.05) is 6.42 Å². The Kier molecular flexibility index (Phi) is 5.62. The van der Waals surface area contributed by atoms with Crippen molar-refractivity contribution in [3.63, 3.8) is 0 Å². The van der Waals surface area contributed by atoms with Gasteiger partial charge in [-0.05, 0) is 29.8 Å². The van der Waals surface area contributed by atoms with Crippen LogP contribution in [-0.2, 0) is 6.61 Å². The molecule has 4 nitrogen and oxygen atoms in total. The molecule has 4 heteroatoms. The molecule has 0 aliphatic heterocycles. The first-order valence-corrected chi connectivity index (χ1v) is 6.78. The van der Waals surface area contributed by atoms with Gasteiger partial charge in [0.2, 0.25) is 0 Å². The fraction of sp³-hybridized carbons (Fsp3) is 0.235. The number of aliphatic hydroxyl groups is 1. The van der Waals surface area contributed by atoms with Gasteiger partial charge in [0.1, 0.15) is 17.6 Å². The van der Waals surface area contributed by atoms with Crippen molar-refractivity contribution < 1.29 is 14.6 Å². The molecule has 0 heterocycles. The molecule has 0 saturated carbocycles. The summed E-state index contributed by atoms with van der Waals surface area (Å²) in [5.41, 5.74) is 1.36. The molecule has 0 bridgehead atoms. The van der Waals surface area contributed by atoms with Gasteiger partial charge in [-0.25, -0.2) is 0 Å². The Bertz CT molecular complexity index is 619. The predicted octanol–water partition coefficient (Wildman–Crippen LogP) is 2.90. The third-order valence-electron chi connectivity index (χ3n) is 2.90. The van der Waals surface area contributed by atoms with Crippen LogP contribution in [0.2, 0.25) is 0 Å². The number of benzene rings is 2. The van der Waals surface area contributed by atoms with Gasteiger partial charge in [-0.1, -0.05) is 24.3 Å². The first-order valence-electron chi connectivity index (χ1n) is 6.78. The Labute approximate surface area is 124 Å². The van der Waals surface area contributed by atoms with E-state index in [9.17, 15) is 0 Å². The molecule has 0 atom stereocenters. The van der Waals surface area contributed by atoms with E-state index >= 15 is 0 Å². The summed E-state index contributed by atoms with van der Waals surface area (Å²) in [6.07, 6.45) is 0.711. The van der Waals surface area contributed by atoms with Crippen LogP contribution < -0.4 is 9.47 Å². The Hall–Kier alpha value is -2.51. The summed E-state index contributed by atoms with van der Waals surface area (Å²) in [4.78, 5) is 0. The molecule has 108 valence electrons.